The second-order valence-corrected chi connectivity index (χ2v) is 6.78. The van der Waals surface area contributed by atoms with E-state index >= 15 is 0 Å². The van der Waals surface area contributed by atoms with Gasteiger partial charge in [-0.3, -0.25) is 4.79 Å². The molecule has 0 radical (unpaired) electrons. The summed E-state index contributed by atoms with van der Waals surface area (Å²) in [6.07, 6.45) is 5.02. The number of carbonyl (C=O) groups is 1. The van der Waals surface area contributed by atoms with Crippen LogP contribution in [0.3, 0.4) is 0 Å². The van der Waals surface area contributed by atoms with Crippen molar-refractivity contribution in [3.8, 4) is 0 Å². The van der Waals surface area contributed by atoms with Crippen molar-refractivity contribution in [3.63, 3.8) is 0 Å². The van der Waals surface area contributed by atoms with Crippen LogP contribution in [0.4, 0.5) is 11.4 Å². The molecule has 0 aromatic heterocycles. The number of nitrogens with two attached hydrogens (primary N) is 1. The van der Waals surface area contributed by atoms with Gasteiger partial charge < -0.3 is 16.0 Å². The number of nitrogens with one attached hydrogen (secondary N) is 1. The Hall–Kier alpha value is -2.75. The van der Waals surface area contributed by atoms with Crippen LogP contribution in [0.5, 0.6) is 0 Å². The number of anilines is 2. The third-order valence-corrected chi connectivity index (χ3v) is 5.05. The summed E-state index contributed by atoms with van der Waals surface area (Å²) in [5.74, 6) is -0.115. The van der Waals surface area contributed by atoms with Gasteiger partial charge in [0.05, 0.1) is 11.4 Å². The zero-order valence-corrected chi connectivity index (χ0v) is 15.4. The van der Waals surface area contributed by atoms with Gasteiger partial charge in [-0.05, 0) is 47.7 Å². The number of amides is 1. The van der Waals surface area contributed by atoms with E-state index in [1.165, 1.54) is 25.7 Å². The summed E-state index contributed by atoms with van der Waals surface area (Å²) in [6.45, 7) is 6.34. The molecular formula is C22H27N3O. The number of benzene rings is 2. The SMILES string of the molecule is C=C(c1ccc(N2CCCCCC2)c(N)c1)c1ccccc1C(=O)NC. The van der Waals surface area contributed by atoms with Gasteiger partial charge in [-0.15, -0.1) is 0 Å². The average molecular weight is 349 g/mol. The van der Waals surface area contributed by atoms with E-state index in [0.29, 0.717) is 5.56 Å². The lowest BCUT2D eigenvalue weighted by atomic mass is 9.94. The van der Waals surface area contributed by atoms with Gasteiger partial charge in [-0.25, -0.2) is 0 Å². The van der Waals surface area contributed by atoms with Crippen LogP contribution in [0, 0.1) is 0 Å². The number of carbonyl (C=O) groups excluding carboxylic acids is 1. The molecule has 0 spiro atoms. The predicted molar refractivity (Wildman–Crippen MR) is 110 cm³/mol. The Kier molecular flexibility index (Phi) is 5.61. The molecule has 1 fully saturated rings. The van der Waals surface area contributed by atoms with Gasteiger partial charge in [0, 0.05) is 25.7 Å². The maximum atomic E-state index is 12.1. The van der Waals surface area contributed by atoms with E-state index < -0.39 is 0 Å². The van der Waals surface area contributed by atoms with Crippen LogP contribution >= 0.6 is 0 Å². The van der Waals surface area contributed by atoms with Crippen molar-refractivity contribution in [3.05, 3.63) is 65.7 Å². The Morgan fingerprint density at radius 1 is 1.04 bits per heavy atom. The summed E-state index contributed by atoms with van der Waals surface area (Å²) >= 11 is 0. The van der Waals surface area contributed by atoms with Crippen molar-refractivity contribution < 1.29 is 4.79 Å². The first-order valence-electron chi connectivity index (χ1n) is 9.27. The van der Waals surface area contributed by atoms with Gasteiger partial charge in [0.25, 0.3) is 5.91 Å². The van der Waals surface area contributed by atoms with Gasteiger partial charge >= 0.3 is 0 Å². The lowest BCUT2D eigenvalue weighted by molar-refractivity contribution is 0.0963. The second-order valence-electron chi connectivity index (χ2n) is 6.78. The fourth-order valence-electron chi connectivity index (χ4n) is 3.58. The van der Waals surface area contributed by atoms with Crippen LogP contribution in [-0.2, 0) is 0 Å². The van der Waals surface area contributed by atoms with E-state index in [9.17, 15) is 4.79 Å². The summed E-state index contributed by atoms with van der Waals surface area (Å²) in [4.78, 5) is 14.5. The molecule has 0 bridgehead atoms. The van der Waals surface area contributed by atoms with Gasteiger partial charge in [0.15, 0.2) is 0 Å². The Labute approximate surface area is 155 Å². The maximum Gasteiger partial charge on any atom is 0.251 e. The molecule has 2 aromatic rings. The Morgan fingerprint density at radius 2 is 1.69 bits per heavy atom. The van der Waals surface area contributed by atoms with E-state index in [1.807, 2.05) is 30.3 Å². The first-order chi connectivity index (χ1) is 12.6. The standard InChI is InChI=1S/C22H27N3O/c1-16(18-9-5-6-10-19(18)22(26)24-2)17-11-12-21(20(23)15-17)25-13-7-3-4-8-14-25/h5-6,9-12,15H,1,3-4,7-8,13-14,23H2,2H3,(H,24,26). The molecule has 1 heterocycles. The Morgan fingerprint density at radius 3 is 2.31 bits per heavy atom. The summed E-state index contributed by atoms with van der Waals surface area (Å²) in [5.41, 5.74) is 11.4. The number of nitrogens with zero attached hydrogens (tertiary/aromatic N) is 1. The summed E-state index contributed by atoms with van der Waals surface area (Å²) in [6, 6.07) is 13.6. The van der Waals surface area contributed by atoms with E-state index in [1.54, 1.807) is 7.05 Å². The Bertz CT molecular complexity index is 805. The van der Waals surface area contributed by atoms with Gasteiger partial charge in [-0.1, -0.05) is 43.7 Å². The van der Waals surface area contributed by atoms with Crippen molar-refractivity contribution >= 4 is 22.9 Å². The molecule has 4 nitrogen and oxygen atoms in total. The second kappa shape index (κ2) is 8.09. The van der Waals surface area contributed by atoms with Crippen LogP contribution in [0.15, 0.2) is 49.0 Å². The highest BCUT2D eigenvalue weighted by molar-refractivity contribution is 6.00. The lowest BCUT2D eigenvalue weighted by Crippen LogP contribution is -2.24. The highest BCUT2D eigenvalue weighted by Crippen LogP contribution is 2.32. The topological polar surface area (TPSA) is 58.4 Å². The van der Waals surface area contributed by atoms with E-state index in [2.05, 4.69) is 28.9 Å². The molecule has 26 heavy (non-hydrogen) atoms. The quantitative estimate of drug-likeness (QED) is 0.818. The van der Waals surface area contributed by atoms with Crippen molar-refractivity contribution in [2.24, 2.45) is 0 Å². The third kappa shape index (κ3) is 3.74. The fraction of sp³-hybridized carbons (Fsp3) is 0.318. The summed E-state index contributed by atoms with van der Waals surface area (Å²) in [5, 5.41) is 2.69. The smallest absolute Gasteiger partial charge is 0.251 e. The molecule has 0 atom stereocenters. The molecule has 2 aromatic carbocycles. The van der Waals surface area contributed by atoms with Crippen LogP contribution in [0.2, 0.25) is 0 Å². The van der Waals surface area contributed by atoms with E-state index in [-0.39, 0.29) is 5.91 Å². The molecule has 3 N–H and O–H groups in total. The molecule has 1 aliphatic rings. The van der Waals surface area contributed by atoms with Crippen LogP contribution in [-0.4, -0.2) is 26.0 Å². The molecule has 1 aliphatic heterocycles. The largest absolute Gasteiger partial charge is 0.397 e. The zero-order valence-electron chi connectivity index (χ0n) is 15.4. The lowest BCUT2D eigenvalue weighted by Gasteiger charge is -2.25. The highest BCUT2D eigenvalue weighted by atomic mass is 16.1. The molecule has 0 aliphatic carbocycles. The van der Waals surface area contributed by atoms with E-state index in [0.717, 1.165) is 41.2 Å². The molecule has 0 unspecified atom stereocenters. The molecule has 4 heteroatoms. The Balaban J connectivity index is 1.90. The van der Waals surface area contributed by atoms with Crippen molar-refractivity contribution in [2.45, 2.75) is 25.7 Å². The van der Waals surface area contributed by atoms with Crippen LogP contribution < -0.4 is 16.0 Å². The summed E-state index contributed by atoms with van der Waals surface area (Å²) in [7, 11) is 1.63. The average Bonchev–Trinajstić information content (AvgIpc) is 2.96. The molecular weight excluding hydrogens is 322 g/mol. The van der Waals surface area contributed by atoms with Gasteiger partial charge in [0.1, 0.15) is 0 Å². The van der Waals surface area contributed by atoms with Gasteiger partial charge in [0.2, 0.25) is 0 Å². The van der Waals surface area contributed by atoms with E-state index in [4.69, 9.17) is 5.73 Å². The minimum Gasteiger partial charge on any atom is -0.397 e. The molecule has 0 saturated carbocycles. The van der Waals surface area contributed by atoms with Crippen LogP contribution in [0.1, 0.15) is 47.2 Å². The molecule has 3 rings (SSSR count). The predicted octanol–water partition coefficient (Wildman–Crippen LogP) is 4.07. The molecule has 136 valence electrons. The number of hydrogen-bond donors (Lipinski definition) is 2. The first kappa shape index (κ1) is 18.1. The highest BCUT2D eigenvalue weighted by Gasteiger charge is 2.16. The monoisotopic (exact) mass is 349 g/mol. The summed E-state index contributed by atoms with van der Waals surface area (Å²) < 4.78 is 0. The molecule has 1 saturated heterocycles. The number of hydrogen-bond acceptors (Lipinski definition) is 3. The van der Waals surface area contributed by atoms with Crippen molar-refractivity contribution in [2.75, 3.05) is 30.8 Å². The number of nitrogen functional groups attached to an aromatic ring is 1. The van der Waals surface area contributed by atoms with Crippen molar-refractivity contribution in [1.29, 1.82) is 0 Å². The fourth-order valence-corrected chi connectivity index (χ4v) is 3.58. The molecule has 1 amide bonds. The minimum absolute atomic E-state index is 0.115. The normalized spacial score (nSPS) is 14.6. The number of rotatable bonds is 4. The first-order valence-corrected chi connectivity index (χ1v) is 9.27. The maximum absolute atomic E-state index is 12.1. The van der Waals surface area contributed by atoms with Crippen molar-refractivity contribution in [1.82, 2.24) is 5.32 Å². The van der Waals surface area contributed by atoms with Crippen LogP contribution in [0.25, 0.3) is 5.57 Å². The third-order valence-electron chi connectivity index (χ3n) is 5.05. The minimum atomic E-state index is -0.115. The van der Waals surface area contributed by atoms with Gasteiger partial charge in [-0.2, -0.15) is 0 Å². The zero-order chi connectivity index (χ0) is 18.5.